The first-order chi connectivity index (χ1) is 9.22. The van der Waals surface area contributed by atoms with Crippen LogP contribution in [0.4, 0.5) is 4.39 Å². The van der Waals surface area contributed by atoms with Crippen molar-refractivity contribution in [3.63, 3.8) is 0 Å². The van der Waals surface area contributed by atoms with E-state index in [1.54, 1.807) is 6.07 Å². The molecule has 2 aliphatic rings. The Kier molecular flexibility index (Phi) is 3.92. The van der Waals surface area contributed by atoms with E-state index < -0.39 is 0 Å². The summed E-state index contributed by atoms with van der Waals surface area (Å²) in [6, 6.07) is 5.49. The molecule has 2 fully saturated rings. The van der Waals surface area contributed by atoms with Crippen LogP contribution in [0.5, 0.6) is 0 Å². The summed E-state index contributed by atoms with van der Waals surface area (Å²) < 4.78 is 14.1. The molecule has 0 heterocycles. The van der Waals surface area contributed by atoms with Gasteiger partial charge in [0.1, 0.15) is 5.82 Å². The normalized spacial score (nSPS) is 30.8. The fourth-order valence-electron chi connectivity index (χ4n) is 3.89. The second kappa shape index (κ2) is 5.51. The SMILES string of the molecule is NNC(Cc1cccc(F)c1Br)C1C2CCCCC21. The molecule has 0 spiro atoms. The number of rotatable bonds is 4. The lowest BCUT2D eigenvalue weighted by atomic mass is 10.0. The van der Waals surface area contributed by atoms with Gasteiger partial charge in [0, 0.05) is 6.04 Å². The number of nitrogens with two attached hydrogens (primary N) is 1. The van der Waals surface area contributed by atoms with Gasteiger partial charge in [0.05, 0.1) is 4.47 Å². The quantitative estimate of drug-likeness (QED) is 0.657. The standard InChI is InChI=1S/C15H20BrFN2/c16-15-9(4-3-7-12(15)17)8-13(19-18)14-10-5-1-2-6-11(10)14/h3-4,7,10-11,13-14,19H,1-2,5-6,8,18H2. The summed E-state index contributed by atoms with van der Waals surface area (Å²) in [7, 11) is 0. The second-order valence-electron chi connectivity index (χ2n) is 5.88. The van der Waals surface area contributed by atoms with Gasteiger partial charge in [-0.2, -0.15) is 0 Å². The average Bonchev–Trinajstić information content (AvgIpc) is 3.15. The van der Waals surface area contributed by atoms with Crippen LogP contribution in [0.2, 0.25) is 0 Å². The third-order valence-electron chi connectivity index (χ3n) is 4.87. The van der Waals surface area contributed by atoms with Crippen LogP contribution in [-0.2, 0) is 6.42 Å². The minimum absolute atomic E-state index is 0.193. The van der Waals surface area contributed by atoms with Crippen LogP contribution in [0.1, 0.15) is 31.2 Å². The van der Waals surface area contributed by atoms with E-state index in [0.717, 1.165) is 23.8 Å². The minimum atomic E-state index is -0.193. The smallest absolute Gasteiger partial charge is 0.137 e. The zero-order chi connectivity index (χ0) is 13.4. The Morgan fingerprint density at radius 3 is 2.63 bits per heavy atom. The van der Waals surface area contributed by atoms with E-state index in [-0.39, 0.29) is 11.9 Å². The number of hydrogen-bond donors (Lipinski definition) is 2. The summed E-state index contributed by atoms with van der Waals surface area (Å²) in [5, 5.41) is 0. The zero-order valence-corrected chi connectivity index (χ0v) is 12.5. The lowest BCUT2D eigenvalue weighted by Gasteiger charge is -2.17. The number of hydrogen-bond acceptors (Lipinski definition) is 2. The average molecular weight is 327 g/mol. The summed E-state index contributed by atoms with van der Waals surface area (Å²) in [5.41, 5.74) is 3.98. The number of fused-ring (bicyclic) bond motifs is 1. The summed E-state index contributed by atoms with van der Waals surface area (Å²) in [6.07, 6.45) is 6.21. The van der Waals surface area contributed by atoms with Crippen molar-refractivity contribution in [1.82, 2.24) is 5.43 Å². The molecular weight excluding hydrogens is 307 g/mol. The zero-order valence-electron chi connectivity index (χ0n) is 10.9. The van der Waals surface area contributed by atoms with Crippen LogP contribution >= 0.6 is 15.9 Å². The molecule has 1 aromatic carbocycles. The third kappa shape index (κ3) is 2.58. The minimum Gasteiger partial charge on any atom is -0.271 e. The molecule has 0 radical (unpaired) electrons. The summed E-state index contributed by atoms with van der Waals surface area (Å²) >= 11 is 3.34. The van der Waals surface area contributed by atoms with E-state index in [4.69, 9.17) is 5.84 Å². The van der Waals surface area contributed by atoms with Gasteiger partial charge >= 0.3 is 0 Å². The van der Waals surface area contributed by atoms with Gasteiger partial charge in [-0.15, -0.1) is 0 Å². The van der Waals surface area contributed by atoms with E-state index >= 15 is 0 Å². The first kappa shape index (κ1) is 13.5. The molecule has 4 heteroatoms. The van der Waals surface area contributed by atoms with E-state index in [2.05, 4.69) is 21.4 Å². The van der Waals surface area contributed by atoms with Crippen molar-refractivity contribution >= 4 is 15.9 Å². The molecule has 104 valence electrons. The van der Waals surface area contributed by atoms with Crippen molar-refractivity contribution in [2.45, 2.75) is 38.1 Å². The van der Waals surface area contributed by atoms with Crippen LogP contribution in [-0.4, -0.2) is 6.04 Å². The molecule has 3 unspecified atom stereocenters. The van der Waals surface area contributed by atoms with Crippen molar-refractivity contribution in [3.05, 3.63) is 34.1 Å². The fourth-order valence-corrected chi connectivity index (χ4v) is 4.32. The van der Waals surface area contributed by atoms with E-state index in [9.17, 15) is 4.39 Å². The Morgan fingerprint density at radius 1 is 1.32 bits per heavy atom. The predicted molar refractivity (Wildman–Crippen MR) is 77.9 cm³/mol. The van der Waals surface area contributed by atoms with Gasteiger partial charge in [-0.25, -0.2) is 4.39 Å². The highest BCUT2D eigenvalue weighted by atomic mass is 79.9. The Hall–Kier alpha value is -0.450. The number of benzene rings is 1. The van der Waals surface area contributed by atoms with Crippen molar-refractivity contribution in [1.29, 1.82) is 0 Å². The van der Waals surface area contributed by atoms with Crippen LogP contribution in [0.3, 0.4) is 0 Å². The molecular formula is C15H20BrFN2. The Balaban J connectivity index is 1.72. The van der Waals surface area contributed by atoms with Gasteiger partial charge in [0.15, 0.2) is 0 Å². The highest BCUT2D eigenvalue weighted by molar-refractivity contribution is 9.10. The summed E-state index contributed by atoms with van der Waals surface area (Å²) in [4.78, 5) is 0. The maximum Gasteiger partial charge on any atom is 0.137 e. The Labute approximate surface area is 122 Å². The van der Waals surface area contributed by atoms with E-state index in [1.807, 2.05) is 6.07 Å². The Bertz CT molecular complexity index is 453. The monoisotopic (exact) mass is 326 g/mol. The molecule has 3 rings (SSSR count). The molecule has 2 nitrogen and oxygen atoms in total. The van der Waals surface area contributed by atoms with Gasteiger partial charge in [0.2, 0.25) is 0 Å². The lowest BCUT2D eigenvalue weighted by Crippen LogP contribution is -2.39. The first-order valence-electron chi connectivity index (χ1n) is 7.11. The first-order valence-corrected chi connectivity index (χ1v) is 7.90. The van der Waals surface area contributed by atoms with Crippen LogP contribution in [0.25, 0.3) is 0 Å². The summed E-state index contributed by atoms with van der Waals surface area (Å²) in [6.45, 7) is 0. The fraction of sp³-hybridized carbons (Fsp3) is 0.600. The molecule has 2 saturated carbocycles. The van der Waals surface area contributed by atoms with Crippen LogP contribution in [0, 0.1) is 23.6 Å². The number of nitrogens with one attached hydrogen (secondary N) is 1. The maximum atomic E-state index is 13.5. The van der Waals surface area contributed by atoms with Crippen molar-refractivity contribution in [2.75, 3.05) is 0 Å². The molecule has 3 N–H and O–H groups in total. The highest BCUT2D eigenvalue weighted by Crippen LogP contribution is 2.57. The predicted octanol–water partition coefficient (Wildman–Crippen LogP) is 3.40. The topological polar surface area (TPSA) is 38.0 Å². The van der Waals surface area contributed by atoms with Gasteiger partial charge in [-0.1, -0.05) is 25.0 Å². The van der Waals surface area contributed by atoms with Crippen molar-refractivity contribution < 1.29 is 4.39 Å². The van der Waals surface area contributed by atoms with Gasteiger partial charge in [0.25, 0.3) is 0 Å². The van der Waals surface area contributed by atoms with Crippen LogP contribution < -0.4 is 11.3 Å². The lowest BCUT2D eigenvalue weighted by molar-refractivity contribution is 0.435. The maximum absolute atomic E-state index is 13.5. The van der Waals surface area contributed by atoms with Crippen molar-refractivity contribution in [2.24, 2.45) is 23.6 Å². The van der Waals surface area contributed by atoms with Gasteiger partial charge < -0.3 is 0 Å². The molecule has 0 amide bonds. The van der Waals surface area contributed by atoms with Gasteiger partial charge in [-0.05, 0) is 64.6 Å². The molecule has 3 atom stereocenters. The largest absolute Gasteiger partial charge is 0.271 e. The summed E-state index contributed by atoms with van der Waals surface area (Å²) in [5.74, 6) is 7.93. The third-order valence-corrected chi connectivity index (χ3v) is 5.76. The van der Waals surface area contributed by atoms with E-state index in [0.29, 0.717) is 10.4 Å². The Morgan fingerprint density at radius 2 is 2.00 bits per heavy atom. The molecule has 0 aromatic heterocycles. The second-order valence-corrected chi connectivity index (χ2v) is 6.67. The molecule has 0 bridgehead atoms. The number of hydrazine groups is 1. The van der Waals surface area contributed by atoms with Gasteiger partial charge in [-0.3, -0.25) is 11.3 Å². The molecule has 19 heavy (non-hydrogen) atoms. The number of halogens is 2. The molecule has 0 aliphatic heterocycles. The van der Waals surface area contributed by atoms with Crippen molar-refractivity contribution in [3.8, 4) is 0 Å². The highest BCUT2D eigenvalue weighted by Gasteiger charge is 2.53. The molecule has 0 saturated heterocycles. The molecule has 1 aromatic rings. The molecule has 2 aliphatic carbocycles. The van der Waals surface area contributed by atoms with Crippen LogP contribution in [0.15, 0.2) is 22.7 Å². The van der Waals surface area contributed by atoms with E-state index in [1.165, 1.54) is 31.7 Å².